The van der Waals surface area contributed by atoms with Crippen molar-refractivity contribution in [3.63, 3.8) is 0 Å². The van der Waals surface area contributed by atoms with Crippen molar-refractivity contribution in [2.45, 2.75) is 31.2 Å². The smallest absolute Gasteiger partial charge is 0.0588 e. The summed E-state index contributed by atoms with van der Waals surface area (Å²) >= 11 is 1.94. The van der Waals surface area contributed by atoms with Crippen LogP contribution in [0.5, 0.6) is 0 Å². The molecule has 1 spiro atoms. The Balaban J connectivity index is 1.46. The second kappa shape index (κ2) is 7.53. The van der Waals surface area contributed by atoms with Gasteiger partial charge in [-0.05, 0) is 48.6 Å². The molecule has 1 fully saturated rings. The minimum Gasteiger partial charge on any atom is -0.303 e. The predicted molar refractivity (Wildman–Crippen MR) is 108 cm³/mol. The Morgan fingerprint density at radius 1 is 0.920 bits per heavy atom. The molecule has 2 aromatic carbocycles. The van der Waals surface area contributed by atoms with E-state index in [0.717, 1.165) is 6.42 Å². The van der Waals surface area contributed by atoms with Crippen molar-refractivity contribution in [1.82, 2.24) is 9.21 Å². The lowest BCUT2D eigenvalue weighted by Gasteiger charge is -2.51. The topological polar surface area (TPSA) is 6.48 Å². The monoisotopic (exact) mass is 352 g/mol. The van der Waals surface area contributed by atoms with E-state index in [1.807, 2.05) is 11.9 Å². The van der Waals surface area contributed by atoms with Gasteiger partial charge in [-0.2, -0.15) is 0 Å². The van der Waals surface area contributed by atoms with Crippen LogP contribution >= 0.6 is 11.9 Å². The molecule has 0 atom stereocenters. The standard InChI is InChI=1S/C22H28N2S/c1-25-24-16-12-20-9-5-6-10-21(20)22(24)13-17-23(18-14-22)15-11-19-7-3-2-4-8-19/h2-10H,11-18H2,1H3. The molecule has 2 aliphatic rings. The first-order valence-electron chi connectivity index (χ1n) is 9.48. The van der Waals surface area contributed by atoms with E-state index in [4.69, 9.17) is 0 Å². The van der Waals surface area contributed by atoms with Crippen molar-refractivity contribution in [3.8, 4) is 0 Å². The van der Waals surface area contributed by atoms with Gasteiger partial charge in [-0.1, -0.05) is 66.5 Å². The van der Waals surface area contributed by atoms with Crippen LogP contribution in [-0.4, -0.2) is 41.6 Å². The molecule has 0 aliphatic carbocycles. The van der Waals surface area contributed by atoms with Crippen LogP contribution in [0.4, 0.5) is 0 Å². The molecule has 2 heterocycles. The van der Waals surface area contributed by atoms with E-state index in [9.17, 15) is 0 Å². The first kappa shape index (κ1) is 17.1. The number of nitrogens with zero attached hydrogens (tertiary/aromatic N) is 2. The zero-order valence-electron chi connectivity index (χ0n) is 15.2. The molecule has 2 aromatic rings. The highest BCUT2D eigenvalue weighted by Gasteiger charge is 2.44. The minimum atomic E-state index is 0.248. The summed E-state index contributed by atoms with van der Waals surface area (Å²) in [5, 5.41) is 0. The second-order valence-corrected chi connectivity index (χ2v) is 8.11. The average molecular weight is 353 g/mol. The van der Waals surface area contributed by atoms with Gasteiger partial charge in [-0.15, -0.1) is 0 Å². The van der Waals surface area contributed by atoms with E-state index in [2.05, 4.69) is 70.1 Å². The molecule has 0 aromatic heterocycles. The second-order valence-electron chi connectivity index (χ2n) is 7.30. The largest absolute Gasteiger partial charge is 0.303 e. The summed E-state index contributed by atoms with van der Waals surface area (Å²) in [6, 6.07) is 20.1. The fraction of sp³-hybridized carbons (Fsp3) is 0.455. The summed E-state index contributed by atoms with van der Waals surface area (Å²) in [5.41, 5.74) is 4.87. The third-order valence-corrected chi connectivity index (χ3v) is 7.02. The van der Waals surface area contributed by atoms with Gasteiger partial charge in [-0.3, -0.25) is 0 Å². The summed E-state index contributed by atoms with van der Waals surface area (Å²) < 4.78 is 2.67. The molecular weight excluding hydrogens is 324 g/mol. The third-order valence-electron chi connectivity index (χ3n) is 6.04. The van der Waals surface area contributed by atoms with Crippen molar-refractivity contribution < 1.29 is 0 Å². The van der Waals surface area contributed by atoms with Crippen molar-refractivity contribution in [2.24, 2.45) is 0 Å². The van der Waals surface area contributed by atoms with Gasteiger partial charge in [0.2, 0.25) is 0 Å². The van der Waals surface area contributed by atoms with E-state index in [-0.39, 0.29) is 5.54 Å². The molecule has 0 radical (unpaired) electrons. The number of piperidine rings is 1. The molecule has 0 bridgehead atoms. The molecule has 1 saturated heterocycles. The number of hydrogen-bond acceptors (Lipinski definition) is 3. The number of fused-ring (bicyclic) bond motifs is 2. The Bertz CT molecular complexity index is 692. The Labute approximate surface area is 156 Å². The van der Waals surface area contributed by atoms with Crippen LogP contribution in [0.3, 0.4) is 0 Å². The summed E-state index contributed by atoms with van der Waals surface area (Å²) in [6.07, 6.45) is 7.10. The predicted octanol–water partition coefficient (Wildman–Crippen LogP) is 4.36. The van der Waals surface area contributed by atoms with Crippen LogP contribution in [-0.2, 0) is 18.4 Å². The van der Waals surface area contributed by atoms with E-state index in [0.29, 0.717) is 0 Å². The molecule has 2 nitrogen and oxygen atoms in total. The Morgan fingerprint density at radius 2 is 1.64 bits per heavy atom. The SMILES string of the molecule is CSN1CCc2ccccc2C12CCN(CCc1ccccc1)CC2. The minimum absolute atomic E-state index is 0.248. The van der Waals surface area contributed by atoms with Gasteiger partial charge in [0.15, 0.2) is 0 Å². The first-order valence-corrected chi connectivity index (χ1v) is 10.7. The Hall–Kier alpha value is -1.29. The lowest BCUT2D eigenvalue weighted by molar-refractivity contribution is 0.0749. The summed E-state index contributed by atoms with van der Waals surface area (Å²) in [6.45, 7) is 4.78. The molecule has 0 amide bonds. The highest BCUT2D eigenvalue weighted by Crippen LogP contribution is 2.45. The van der Waals surface area contributed by atoms with Crippen molar-refractivity contribution >= 4 is 11.9 Å². The van der Waals surface area contributed by atoms with Gasteiger partial charge in [0, 0.05) is 26.2 Å². The highest BCUT2D eigenvalue weighted by molar-refractivity contribution is 7.96. The molecule has 4 rings (SSSR count). The zero-order chi connectivity index (χ0) is 17.1. The van der Waals surface area contributed by atoms with Crippen molar-refractivity contribution in [1.29, 1.82) is 0 Å². The first-order chi connectivity index (χ1) is 12.3. The molecule has 0 saturated carbocycles. The lowest BCUT2D eigenvalue weighted by Crippen LogP contribution is -2.53. The van der Waals surface area contributed by atoms with E-state index >= 15 is 0 Å². The third kappa shape index (κ3) is 3.38. The van der Waals surface area contributed by atoms with E-state index < -0.39 is 0 Å². The molecule has 0 N–H and O–H groups in total. The van der Waals surface area contributed by atoms with Crippen LogP contribution in [0.15, 0.2) is 54.6 Å². The Kier molecular flexibility index (Phi) is 5.16. The van der Waals surface area contributed by atoms with Gasteiger partial charge in [0.05, 0.1) is 5.54 Å². The molecule has 132 valence electrons. The Morgan fingerprint density at radius 3 is 2.40 bits per heavy atom. The van der Waals surface area contributed by atoms with Crippen LogP contribution in [0.1, 0.15) is 29.5 Å². The van der Waals surface area contributed by atoms with E-state index in [1.165, 1.54) is 51.0 Å². The van der Waals surface area contributed by atoms with E-state index in [1.54, 1.807) is 11.1 Å². The zero-order valence-corrected chi connectivity index (χ0v) is 16.0. The molecule has 2 aliphatic heterocycles. The number of benzene rings is 2. The van der Waals surface area contributed by atoms with Crippen molar-refractivity contribution in [2.75, 3.05) is 32.4 Å². The van der Waals surface area contributed by atoms with Crippen LogP contribution in [0.25, 0.3) is 0 Å². The highest BCUT2D eigenvalue weighted by atomic mass is 32.2. The van der Waals surface area contributed by atoms with Crippen LogP contribution in [0, 0.1) is 0 Å². The van der Waals surface area contributed by atoms with Gasteiger partial charge in [-0.25, -0.2) is 4.31 Å². The van der Waals surface area contributed by atoms with Gasteiger partial charge in [0.1, 0.15) is 0 Å². The summed E-state index contributed by atoms with van der Waals surface area (Å²) in [7, 11) is 0. The average Bonchev–Trinajstić information content (AvgIpc) is 2.69. The normalized spacial score (nSPS) is 20.5. The summed E-state index contributed by atoms with van der Waals surface area (Å²) in [4.78, 5) is 2.66. The number of hydrogen-bond donors (Lipinski definition) is 0. The fourth-order valence-electron chi connectivity index (χ4n) is 4.63. The summed E-state index contributed by atoms with van der Waals surface area (Å²) in [5.74, 6) is 0. The van der Waals surface area contributed by atoms with Crippen LogP contribution < -0.4 is 0 Å². The van der Waals surface area contributed by atoms with Gasteiger partial charge in [0.25, 0.3) is 0 Å². The molecule has 0 unspecified atom stereocenters. The molecule has 3 heteroatoms. The van der Waals surface area contributed by atoms with Crippen LogP contribution in [0.2, 0.25) is 0 Å². The quantitative estimate of drug-likeness (QED) is 0.755. The van der Waals surface area contributed by atoms with Crippen molar-refractivity contribution in [3.05, 3.63) is 71.3 Å². The maximum Gasteiger partial charge on any atom is 0.0588 e. The van der Waals surface area contributed by atoms with Gasteiger partial charge < -0.3 is 4.90 Å². The maximum atomic E-state index is 2.67. The molecular formula is C22H28N2S. The lowest BCUT2D eigenvalue weighted by atomic mass is 9.76. The van der Waals surface area contributed by atoms with Gasteiger partial charge >= 0.3 is 0 Å². The maximum absolute atomic E-state index is 2.67. The number of rotatable bonds is 4. The number of likely N-dealkylation sites (tertiary alicyclic amines) is 1. The fourth-order valence-corrected chi connectivity index (χ4v) is 5.53. The molecule has 25 heavy (non-hydrogen) atoms.